The van der Waals surface area contributed by atoms with Crippen LogP contribution in [0.2, 0.25) is 0 Å². The molecule has 0 aromatic heterocycles. The third kappa shape index (κ3) is 3.13. The van der Waals surface area contributed by atoms with Crippen molar-refractivity contribution in [2.24, 2.45) is 17.3 Å². The van der Waals surface area contributed by atoms with Crippen LogP contribution in [0.3, 0.4) is 0 Å². The summed E-state index contributed by atoms with van der Waals surface area (Å²) < 4.78 is 82.7. The van der Waals surface area contributed by atoms with E-state index >= 15 is 0 Å². The first-order valence-corrected chi connectivity index (χ1v) is 7.17. The van der Waals surface area contributed by atoms with Gasteiger partial charge in [-0.15, -0.1) is 0 Å². The molecule has 2 aliphatic rings. The molecule has 0 spiro atoms. The lowest BCUT2D eigenvalue weighted by atomic mass is 9.62. The van der Waals surface area contributed by atoms with Gasteiger partial charge in [0.2, 0.25) is 0 Å². The first-order chi connectivity index (χ1) is 10.7. The number of hydrogen-bond donors (Lipinski definition) is 0. The fourth-order valence-electron chi connectivity index (χ4n) is 3.16. The van der Waals surface area contributed by atoms with E-state index in [-0.39, 0.29) is 19.3 Å². The van der Waals surface area contributed by atoms with Crippen LogP contribution in [0.15, 0.2) is 35.8 Å². The van der Waals surface area contributed by atoms with Crippen LogP contribution in [0.25, 0.3) is 0 Å². The van der Waals surface area contributed by atoms with Gasteiger partial charge in [-0.25, -0.2) is 0 Å². The molecule has 0 aliphatic heterocycles. The normalized spacial score (nSPS) is 26.2. The zero-order valence-corrected chi connectivity index (χ0v) is 12.1. The maximum Gasteiger partial charge on any atom is 0.405 e. The molecule has 2 atom stereocenters. The second kappa shape index (κ2) is 6.35. The van der Waals surface area contributed by atoms with Crippen LogP contribution >= 0.6 is 0 Å². The second-order valence-corrected chi connectivity index (χ2v) is 5.54. The van der Waals surface area contributed by atoms with Gasteiger partial charge in [-0.2, -0.15) is 26.3 Å². The molecule has 0 aromatic carbocycles. The maximum absolute atomic E-state index is 13.8. The zero-order chi connectivity index (χ0) is 17.1. The third-order valence-corrected chi connectivity index (χ3v) is 4.24. The van der Waals surface area contributed by atoms with E-state index < -0.39 is 29.6 Å². The van der Waals surface area contributed by atoms with Crippen molar-refractivity contribution in [2.75, 3.05) is 0 Å². The molecule has 124 valence electrons. The highest BCUT2D eigenvalue weighted by atomic mass is 19.4. The van der Waals surface area contributed by atoms with Crippen LogP contribution in [0.4, 0.5) is 26.3 Å². The standard InChI is InChI=1S/C17H14F6/c18-16(19,20)15(17(21,22)23,14-11-7-4-8-12-14)13-9-5-2-1-3-6-10-13/h1-2,7,12-14H,3,6,10-11H2/b2-1-. The monoisotopic (exact) mass is 332 g/mol. The summed E-state index contributed by atoms with van der Waals surface area (Å²) in [5.41, 5.74) is 0.762. The van der Waals surface area contributed by atoms with E-state index in [1.165, 1.54) is 6.08 Å². The minimum atomic E-state index is -5.47. The second-order valence-electron chi connectivity index (χ2n) is 5.54. The van der Waals surface area contributed by atoms with Gasteiger partial charge < -0.3 is 0 Å². The van der Waals surface area contributed by atoms with Gasteiger partial charge in [0.15, 0.2) is 5.41 Å². The zero-order valence-electron chi connectivity index (χ0n) is 12.1. The summed E-state index contributed by atoms with van der Waals surface area (Å²) in [6.45, 7) is 0. The molecule has 0 radical (unpaired) electrons. The molecular formula is C17H14F6. The molecule has 0 fully saturated rings. The average molecular weight is 332 g/mol. The Morgan fingerprint density at radius 3 is 2.22 bits per heavy atom. The smallest absolute Gasteiger partial charge is 0.170 e. The fraction of sp³-hybridized carbons (Fsp3) is 0.529. The number of allylic oxidation sites excluding steroid dienone is 4. The van der Waals surface area contributed by atoms with Crippen LogP contribution in [-0.4, -0.2) is 12.4 Å². The first-order valence-electron chi connectivity index (χ1n) is 7.17. The highest BCUT2D eigenvalue weighted by molar-refractivity contribution is 5.24. The summed E-state index contributed by atoms with van der Waals surface area (Å²) in [6.07, 6.45) is -5.98. The van der Waals surface area contributed by atoms with Crippen molar-refractivity contribution >= 4 is 0 Å². The minimum Gasteiger partial charge on any atom is -0.170 e. The predicted octanol–water partition coefficient (Wildman–Crippen LogP) is 5.34. The van der Waals surface area contributed by atoms with Crippen LogP contribution in [0.1, 0.15) is 25.7 Å². The quantitative estimate of drug-likeness (QED) is 0.364. The van der Waals surface area contributed by atoms with Crippen LogP contribution in [0, 0.1) is 29.1 Å². The molecular weight excluding hydrogens is 318 g/mol. The molecule has 0 bridgehead atoms. The van der Waals surface area contributed by atoms with Crippen molar-refractivity contribution in [3.8, 4) is 11.8 Å². The molecule has 2 aliphatic carbocycles. The van der Waals surface area contributed by atoms with Gasteiger partial charge in [0.25, 0.3) is 0 Å². The summed E-state index contributed by atoms with van der Waals surface area (Å²) in [5, 5.41) is 0. The summed E-state index contributed by atoms with van der Waals surface area (Å²) in [6, 6.07) is 0. The highest BCUT2D eigenvalue weighted by Gasteiger charge is 2.76. The third-order valence-electron chi connectivity index (χ3n) is 4.24. The Morgan fingerprint density at radius 1 is 0.957 bits per heavy atom. The molecule has 2 unspecified atom stereocenters. The van der Waals surface area contributed by atoms with E-state index in [4.69, 9.17) is 0 Å². The lowest BCUT2D eigenvalue weighted by molar-refractivity contribution is -0.366. The van der Waals surface area contributed by atoms with Crippen molar-refractivity contribution in [3.63, 3.8) is 0 Å². The Hall–Kier alpha value is -1.82. The lowest BCUT2D eigenvalue weighted by Gasteiger charge is -2.45. The number of hydrogen-bond acceptors (Lipinski definition) is 0. The lowest BCUT2D eigenvalue weighted by Crippen LogP contribution is -2.59. The van der Waals surface area contributed by atoms with Crippen LogP contribution < -0.4 is 0 Å². The van der Waals surface area contributed by atoms with Crippen molar-refractivity contribution in [2.45, 2.75) is 38.0 Å². The molecule has 0 saturated carbocycles. The SMILES string of the molecule is FC(F)(F)C(C1C#C/C=C\CCC1)(C1C=C=C=CC1)C(F)(F)F. The van der Waals surface area contributed by atoms with E-state index in [0.717, 1.165) is 12.2 Å². The van der Waals surface area contributed by atoms with Gasteiger partial charge >= 0.3 is 12.4 Å². The topological polar surface area (TPSA) is 0 Å². The predicted molar refractivity (Wildman–Crippen MR) is 73.1 cm³/mol. The molecule has 0 nitrogen and oxygen atoms in total. The molecule has 0 amide bonds. The van der Waals surface area contributed by atoms with Crippen molar-refractivity contribution in [1.82, 2.24) is 0 Å². The Kier molecular flexibility index (Phi) is 4.84. The van der Waals surface area contributed by atoms with Crippen LogP contribution in [0.5, 0.6) is 0 Å². The number of halogens is 6. The van der Waals surface area contributed by atoms with Gasteiger partial charge in [-0.3, -0.25) is 0 Å². The molecule has 0 saturated heterocycles. The molecule has 2 rings (SSSR count). The molecule has 0 N–H and O–H groups in total. The van der Waals surface area contributed by atoms with E-state index in [0.29, 0.717) is 6.42 Å². The summed E-state index contributed by atoms with van der Waals surface area (Å²) in [5.74, 6) is 0.918. The van der Waals surface area contributed by atoms with Crippen molar-refractivity contribution in [1.29, 1.82) is 0 Å². The minimum absolute atomic E-state index is 0.228. The van der Waals surface area contributed by atoms with Gasteiger partial charge in [-0.05, 0) is 43.9 Å². The molecule has 0 heterocycles. The molecule has 0 aromatic rings. The van der Waals surface area contributed by atoms with E-state index in [2.05, 4.69) is 23.3 Å². The van der Waals surface area contributed by atoms with E-state index in [9.17, 15) is 26.3 Å². The first kappa shape index (κ1) is 17.5. The average Bonchev–Trinajstić information content (AvgIpc) is 2.39. The highest BCUT2D eigenvalue weighted by Crippen LogP contribution is 2.61. The van der Waals surface area contributed by atoms with E-state index in [1.807, 2.05) is 0 Å². The summed E-state index contributed by atoms with van der Waals surface area (Å²) in [7, 11) is 0. The Morgan fingerprint density at radius 2 is 1.65 bits per heavy atom. The van der Waals surface area contributed by atoms with Crippen molar-refractivity contribution in [3.05, 3.63) is 35.8 Å². The molecule has 6 heteroatoms. The van der Waals surface area contributed by atoms with Crippen molar-refractivity contribution < 1.29 is 26.3 Å². The largest absolute Gasteiger partial charge is 0.405 e. The fourth-order valence-corrected chi connectivity index (χ4v) is 3.16. The van der Waals surface area contributed by atoms with Crippen LogP contribution in [-0.2, 0) is 0 Å². The Labute approximate surface area is 130 Å². The number of alkyl halides is 6. The summed E-state index contributed by atoms with van der Waals surface area (Å²) >= 11 is 0. The maximum atomic E-state index is 13.8. The van der Waals surface area contributed by atoms with Gasteiger partial charge in [0.05, 0.1) is 0 Å². The van der Waals surface area contributed by atoms with Gasteiger partial charge in [0, 0.05) is 11.8 Å². The van der Waals surface area contributed by atoms with E-state index in [1.54, 1.807) is 6.08 Å². The number of rotatable bonds is 2. The molecule has 23 heavy (non-hydrogen) atoms. The Bertz CT molecular complexity index is 611. The summed E-state index contributed by atoms with van der Waals surface area (Å²) in [4.78, 5) is 0. The Balaban J connectivity index is 2.66. The van der Waals surface area contributed by atoms with Gasteiger partial charge in [-0.1, -0.05) is 29.4 Å². The van der Waals surface area contributed by atoms with Gasteiger partial charge in [0.1, 0.15) is 0 Å².